The molecule has 4 rings (SSSR count). The van der Waals surface area contributed by atoms with E-state index < -0.39 is 0 Å². The Morgan fingerprint density at radius 1 is 0.870 bits per heavy atom. The molecule has 1 aromatic heterocycles. The normalized spacial score (nSPS) is 11.0. The molecule has 1 N–H and O–H groups in total. The van der Waals surface area contributed by atoms with Gasteiger partial charge in [-0.15, -0.1) is 0 Å². The lowest BCUT2D eigenvalue weighted by atomic mass is 10.1. The summed E-state index contributed by atoms with van der Waals surface area (Å²) < 4.78 is 6.80. The topological polar surface area (TPSA) is 42.2 Å². The molecule has 0 fully saturated rings. The molecule has 3 nitrogen and oxygen atoms in total. The van der Waals surface area contributed by atoms with Crippen molar-refractivity contribution >= 4 is 56.1 Å². The van der Waals surface area contributed by atoms with Gasteiger partial charge in [0.05, 0.1) is 5.69 Å². The summed E-state index contributed by atoms with van der Waals surface area (Å²) in [6.45, 7) is 0. The molecule has 0 spiro atoms. The fourth-order valence-corrected chi connectivity index (χ4v) is 3.15. The third-order valence-corrected chi connectivity index (χ3v) is 4.70. The van der Waals surface area contributed by atoms with Crippen LogP contribution in [0.15, 0.2) is 71.1 Å². The molecule has 1 heterocycles. The van der Waals surface area contributed by atoms with Gasteiger partial charge in [-0.2, -0.15) is 0 Å². The third kappa shape index (κ3) is 2.59. The molecule has 1 amide bonds. The van der Waals surface area contributed by atoms with Gasteiger partial charge >= 0.3 is 0 Å². The van der Waals surface area contributed by atoms with Crippen LogP contribution in [0.4, 0.5) is 5.69 Å². The first-order chi connectivity index (χ1) is 11.2. The van der Waals surface area contributed by atoms with E-state index >= 15 is 0 Å². The van der Waals surface area contributed by atoms with Crippen molar-refractivity contribution in [2.75, 3.05) is 5.32 Å². The minimum atomic E-state index is -0.124. The van der Waals surface area contributed by atoms with Gasteiger partial charge in [-0.1, -0.05) is 30.3 Å². The number of halogens is 1. The summed E-state index contributed by atoms with van der Waals surface area (Å²) >= 11 is 2.21. The molecular weight excluding hydrogens is 401 g/mol. The molecule has 112 valence electrons. The second-order valence-corrected chi connectivity index (χ2v) is 6.41. The Balaban J connectivity index is 1.75. The fourth-order valence-electron chi connectivity index (χ4n) is 2.62. The van der Waals surface area contributed by atoms with E-state index in [-0.39, 0.29) is 5.91 Å². The first-order valence-electron chi connectivity index (χ1n) is 7.19. The van der Waals surface area contributed by atoms with Gasteiger partial charge in [-0.05, 0) is 59.0 Å². The number of fused-ring (bicyclic) bond motifs is 3. The number of carbonyl (C=O) groups is 1. The van der Waals surface area contributed by atoms with Crippen LogP contribution in [0.2, 0.25) is 0 Å². The molecule has 0 aliphatic rings. The minimum absolute atomic E-state index is 0.124. The van der Waals surface area contributed by atoms with Crippen LogP contribution in [0.3, 0.4) is 0 Å². The van der Waals surface area contributed by atoms with Crippen molar-refractivity contribution in [1.82, 2.24) is 0 Å². The summed E-state index contributed by atoms with van der Waals surface area (Å²) in [6.07, 6.45) is 0. The molecule has 0 bridgehead atoms. The average molecular weight is 413 g/mol. The van der Waals surface area contributed by atoms with Gasteiger partial charge in [-0.3, -0.25) is 4.79 Å². The number of hydrogen-bond acceptors (Lipinski definition) is 2. The lowest BCUT2D eigenvalue weighted by Gasteiger charge is -2.07. The first kappa shape index (κ1) is 14.3. The minimum Gasteiger partial charge on any atom is -0.456 e. The van der Waals surface area contributed by atoms with E-state index in [1.807, 2.05) is 60.7 Å². The van der Waals surface area contributed by atoms with Crippen molar-refractivity contribution in [2.24, 2.45) is 0 Å². The van der Waals surface area contributed by atoms with Crippen LogP contribution in [-0.4, -0.2) is 5.91 Å². The molecule has 0 atom stereocenters. The fraction of sp³-hybridized carbons (Fsp3) is 0. The summed E-state index contributed by atoms with van der Waals surface area (Å²) in [5.74, 6) is -0.124. The number of furan rings is 1. The van der Waals surface area contributed by atoms with Gasteiger partial charge in [-0.25, -0.2) is 0 Å². The van der Waals surface area contributed by atoms with E-state index in [4.69, 9.17) is 4.42 Å². The predicted molar refractivity (Wildman–Crippen MR) is 101 cm³/mol. The molecule has 0 unspecified atom stereocenters. The van der Waals surface area contributed by atoms with Crippen molar-refractivity contribution in [2.45, 2.75) is 0 Å². The molecule has 0 aliphatic carbocycles. The number of amides is 1. The maximum Gasteiger partial charge on any atom is 0.255 e. The van der Waals surface area contributed by atoms with Gasteiger partial charge in [0, 0.05) is 19.9 Å². The number of carbonyl (C=O) groups excluding carboxylic acids is 1. The Bertz CT molecular complexity index is 1040. The lowest BCUT2D eigenvalue weighted by Crippen LogP contribution is -2.12. The number of para-hydroxylation sites is 2. The van der Waals surface area contributed by atoms with Crippen molar-refractivity contribution in [1.29, 1.82) is 0 Å². The van der Waals surface area contributed by atoms with Crippen molar-refractivity contribution < 1.29 is 9.21 Å². The highest BCUT2D eigenvalue weighted by atomic mass is 127. The second kappa shape index (κ2) is 5.70. The predicted octanol–water partition coefficient (Wildman–Crippen LogP) is 5.44. The molecule has 0 radical (unpaired) electrons. The number of benzene rings is 3. The van der Waals surface area contributed by atoms with Crippen LogP contribution < -0.4 is 5.32 Å². The quantitative estimate of drug-likeness (QED) is 0.445. The number of hydrogen-bond donors (Lipinski definition) is 1. The molecule has 3 aromatic carbocycles. The summed E-state index contributed by atoms with van der Waals surface area (Å²) in [6, 6.07) is 21.1. The van der Waals surface area contributed by atoms with E-state index in [1.165, 1.54) is 0 Å². The molecule has 4 aromatic rings. The highest BCUT2D eigenvalue weighted by Crippen LogP contribution is 2.29. The summed E-state index contributed by atoms with van der Waals surface area (Å²) in [5, 5.41) is 4.93. The maximum absolute atomic E-state index is 12.5. The van der Waals surface area contributed by atoms with Gasteiger partial charge in [0.25, 0.3) is 5.91 Å². The van der Waals surface area contributed by atoms with E-state index in [9.17, 15) is 4.79 Å². The highest BCUT2D eigenvalue weighted by Gasteiger charge is 2.12. The number of rotatable bonds is 2. The average Bonchev–Trinajstić information content (AvgIpc) is 2.94. The van der Waals surface area contributed by atoms with Crippen molar-refractivity contribution in [3.8, 4) is 0 Å². The van der Waals surface area contributed by atoms with Crippen LogP contribution >= 0.6 is 22.6 Å². The molecule has 4 heteroatoms. The Morgan fingerprint density at radius 3 is 2.48 bits per heavy atom. The van der Waals surface area contributed by atoms with Crippen molar-refractivity contribution in [3.63, 3.8) is 0 Å². The van der Waals surface area contributed by atoms with Crippen LogP contribution in [-0.2, 0) is 0 Å². The van der Waals surface area contributed by atoms with Gasteiger partial charge in [0.2, 0.25) is 0 Å². The SMILES string of the molecule is O=C(Nc1ccccc1I)c1ccc2oc3ccccc3c2c1. The van der Waals surface area contributed by atoms with E-state index in [0.717, 1.165) is 31.2 Å². The number of nitrogens with one attached hydrogen (secondary N) is 1. The Kier molecular flexibility index (Phi) is 3.53. The van der Waals surface area contributed by atoms with Crippen LogP contribution in [0.1, 0.15) is 10.4 Å². The van der Waals surface area contributed by atoms with E-state index in [2.05, 4.69) is 27.9 Å². The molecule has 0 aliphatic heterocycles. The Morgan fingerprint density at radius 2 is 1.61 bits per heavy atom. The van der Waals surface area contributed by atoms with Gasteiger partial charge in [0.1, 0.15) is 11.2 Å². The highest BCUT2D eigenvalue weighted by molar-refractivity contribution is 14.1. The first-order valence-corrected chi connectivity index (χ1v) is 8.27. The van der Waals surface area contributed by atoms with Crippen molar-refractivity contribution in [3.05, 3.63) is 75.9 Å². The maximum atomic E-state index is 12.5. The van der Waals surface area contributed by atoms with Crippen LogP contribution in [0.5, 0.6) is 0 Å². The monoisotopic (exact) mass is 413 g/mol. The van der Waals surface area contributed by atoms with Gasteiger partial charge < -0.3 is 9.73 Å². The zero-order valence-electron chi connectivity index (χ0n) is 12.0. The van der Waals surface area contributed by atoms with Crippen LogP contribution in [0.25, 0.3) is 21.9 Å². The molecule has 0 saturated carbocycles. The smallest absolute Gasteiger partial charge is 0.255 e. The zero-order valence-corrected chi connectivity index (χ0v) is 14.2. The molecular formula is C19H12INO2. The van der Waals surface area contributed by atoms with Gasteiger partial charge in [0.15, 0.2) is 0 Å². The van der Waals surface area contributed by atoms with E-state index in [0.29, 0.717) is 5.56 Å². The molecule has 23 heavy (non-hydrogen) atoms. The third-order valence-electron chi connectivity index (χ3n) is 3.76. The Labute approximate surface area is 146 Å². The summed E-state index contributed by atoms with van der Waals surface area (Å²) in [7, 11) is 0. The number of anilines is 1. The largest absolute Gasteiger partial charge is 0.456 e. The standard InChI is InChI=1S/C19H12INO2/c20-15-6-2-3-7-16(15)21-19(22)12-9-10-18-14(11-12)13-5-1-4-8-17(13)23-18/h1-11H,(H,21,22). The summed E-state index contributed by atoms with van der Waals surface area (Å²) in [4.78, 5) is 12.5. The molecule has 0 saturated heterocycles. The summed E-state index contributed by atoms with van der Waals surface area (Å²) in [5.41, 5.74) is 3.05. The lowest BCUT2D eigenvalue weighted by molar-refractivity contribution is 0.102. The van der Waals surface area contributed by atoms with Crippen LogP contribution in [0, 0.1) is 3.57 Å². The Hall–Kier alpha value is -2.34. The zero-order chi connectivity index (χ0) is 15.8. The van der Waals surface area contributed by atoms with E-state index in [1.54, 1.807) is 6.07 Å². The second-order valence-electron chi connectivity index (χ2n) is 5.24.